The Morgan fingerprint density at radius 2 is 2.12 bits per heavy atom. The summed E-state index contributed by atoms with van der Waals surface area (Å²) in [6.07, 6.45) is 0. The van der Waals surface area contributed by atoms with Gasteiger partial charge in [-0.2, -0.15) is 0 Å². The molecule has 0 aliphatic rings. The normalized spacial score (nSPS) is 14.1. The first-order valence-corrected chi connectivity index (χ1v) is 6.18. The van der Waals surface area contributed by atoms with Crippen LogP contribution in [0, 0.1) is 5.92 Å². The Bertz CT molecular complexity index is 407. The summed E-state index contributed by atoms with van der Waals surface area (Å²) in [5.74, 6) is -0.0141. The fraction of sp³-hybridized carbons (Fsp3) is 0.417. The van der Waals surface area contributed by atoms with Gasteiger partial charge in [-0.15, -0.1) is 0 Å². The molecule has 5 heteroatoms. The van der Waals surface area contributed by atoms with Crippen molar-refractivity contribution in [2.45, 2.75) is 19.9 Å². The van der Waals surface area contributed by atoms with E-state index < -0.39 is 0 Å². The number of amides is 1. The van der Waals surface area contributed by atoms with Crippen LogP contribution in [0.15, 0.2) is 22.7 Å². The number of primary amides is 1. The maximum absolute atomic E-state index is 10.9. The summed E-state index contributed by atoms with van der Waals surface area (Å²) in [5.41, 5.74) is 11.9. The highest BCUT2D eigenvalue weighted by atomic mass is 79.9. The Kier molecular flexibility index (Phi) is 4.96. The van der Waals surface area contributed by atoms with Gasteiger partial charge in [0.05, 0.1) is 12.5 Å². The molecule has 1 rings (SSSR count). The minimum Gasteiger partial charge on any atom is -0.492 e. The van der Waals surface area contributed by atoms with Gasteiger partial charge in [0.25, 0.3) is 0 Å². The largest absolute Gasteiger partial charge is 0.492 e. The minimum absolute atomic E-state index is 0.123. The van der Waals surface area contributed by atoms with Crippen molar-refractivity contribution >= 4 is 21.8 Å². The van der Waals surface area contributed by atoms with Crippen molar-refractivity contribution in [3.05, 3.63) is 28.2 Å². The van der Waals surface area contributed by atoms with E-state index in [1.807, 2.05) is 25.1 Å². The van der Waals surface area contributed by atoms with Gasteiger partial charge in [0.1, 0.15) is 5.75 Å². The molecule has 0 aliphatic heterocycles. The van der Waals surface area contributed by atoms with Crippen LogP contribution in [0.3, 0.4) is 0 Å². The van der Waals surface area contributed by atoms with Gasteiger partial charge in [0.2, 0.25) is 5.91 Å². The average Bonchev–Trinajstić information content (AvgIpc) is 2.25. The highest BCUT2D eigenvalue weighted by molar-refractivity contribution is 9.10. The van der Waals surface area contributed by atoms with Crippen molar-refractivity contribution in [1.82, 2.24) is 0 Å². The van der Waals surface area contributed by atoms with Gasteiger partial charge in [-0.1, -0.05) is 28.9 Å². The Hall–Kier alpha value is -1.07. The number of ether oxygens (including phenoxy) is 1. The molecule has 17 heavy (non-hydrogen) atoms. The molecule has 4 nitrogen and oxygen atoms in total. The van der Waals surface area contributed by atoms with Gasteiger partial charge in [-0.3, -0.25) is 4.79 Å². The zero-order chi connectivity index (χ0) is 13.0. The zero-order valence-electron chi connectivity index (χ0n) is 9.94. The molecule has 0 heterocycles. The van der Waals surface area contributed by atoms with E-state index in [-0.39, 0.29) is 24.5 Å². The summed E-state index contributed by atoms with van der Waals surface area (Å²) in [4.78, 5) is 10.9. The van der Waals surface area contributed by atoms with E-state index >= 15 is 0 Å². The molecule has 1 aromatic carbocycles. The SMILES string of the molecule is CC(COc1cc(Br)ccc1C(C)N)C(N)=O. The van der Waals surface area contributed by atoms with Gasteiger partial charge in [0.15, 0.2) is 0 Å². The Morgan fingerprint density at radius 1 is 1.47 bits per heavy atom. The highest BCUT2D eigenvalue weighted by Crippen LogP contribution is 2.27. The summed E-state index contributed by atoms with van der Waals surface area (Å²) in [5, 5.41) is 0. The number of halogens is 1. The third-order valence-corrected chi connectivity index (χ3v) is 2.93. The van der Waals surface area contributed by atoms with Gasteiger partial charge < -0.3 is 16.2 Å². The molecule has 0 radical (unpaired) electrons. The number of carbonyl (C=O) groups is 1. The first-order valence-electron chi connectivity index (χ1n) is 5.39. The van der Waals surface area contributed by atoms with Gasteiger partial charge in [-0.05, 0) is 19.1 Å². The van der Waals surface area contributed by atoms with Crippen LogP contribution in [0.1, 0.15) is 25.5 Å². The van der Waals surface area contributed by atoms with E-state index in [9.17, 15) is 4.79 Å². The van der Waals surface area contributed by atoms with Gasteiger partial charge in [-0.25, -0.2) is 0 Å². The number of nitrogens with two attached hydrogens (primary N) is 2. The van der Waals surface area contributed by atoms with E-state index in [2.05, 4.69) is 15.9 Å². The smallest absolute Gasteiger partial charge is 0.223 e. The number of carbonyl (C=O) groups excluding carboxylic acids is 1. The predicted octanol–water partition coefficient (Wildman–Crippen LogP) is 1.97. The highest BCUT2D eigenvalue weighted by Gasteiger charge is 2.13. The second-order valence-electron chi connectivity index (χ2n) is 4.09. The first kappa shape index (κ1) is 14.0. The van der Waals surface area contributed by atoms with E-state index in [4.69, 9.17) is 16.2 Å². The molecular weight excluding hydrogens is 284 g/mol. The molecule has 2 atom stereocenters. The third-order valence-electron chi connectivity index (χ3n) is 2.44. The lowest BCUT2D eigenvalue weighted by molar-refractivity contribution is -0.122. The second-order valence-corrected chi connectivity index (χ2v) is 5.00. The van der Waals surface area contributed by atoms with Crippen LogP contribution in [0.25, 0.3) is 0 Å². The molecular formula is C12H17BrN2O2. The van der Waals surface area contributed by atoms with E-state index in [0.717, 1.165) is 10.0 Å². The minimum atomic E-state index is -0.373. The van der Waals surface area contributed by atoms with E-state index in [1.165, 1.54) is 0 Å². The summed E-state index contributed by atoms with van der Waals surface area (Å²) in [6, 6.07) is 5.52. The number of rotatable bonds is 5. The zero-order valence-corrected chi connectivity index (χ0v) is 11.5. The number of benzene rings is 1. The first-order chi connectivity index (χ1) is 7.91. The molecule has 0 bridgehead atoms. The van der Waals surface area contributed by atoms with Crippen molar-refractivity contribution in [1.29, 1.82) is 0 Å². The van der Waals surface area contributed by atoms with E-state index in [1.54, 1.807) is 6.92 Å². The molecule has 1 aromatic rings. The molecule has 0 aromatic heterocycles. The molecule has 1 amide bonds. The number of hydrogen-bond donors (Lipinski definition) is 2. The Balaban J connectivity index is 2.82. The lowest BCUT2D eigenvalue weighted by Crippen LogP contribution is -2.26. The van der Waals surface area contributed by atoms with Crippen LogP contribution in [0.2, 0.25) is 0 Å². The summed E-state index contributed by atoms with van der Waals surface area (Å²) < 4.78 is 6.50. The molecule has 0 spiro atoms. The summed E-state index contributed by atoms with van der Waals surface area (Å²) in [7, 11) is 0. The maximum atomic E-state index is 10.9. The van der Waals surface area contributed by atoms with Crippen LogP contribution in [0.4, 0.5) is 0 Å². The predicted molar refractivity (Wildman–Crippen MR) is 70.6 cm³/mol. The fourth-order valence-electron chi connectivity index (χ4n) is 1.31. The van der Waals surface area contributed by atoms with Gasteiger partial charge in [0, 0.05) is 16.1 Å². The molecule has 0 fully saturated rings. The van der Waals surface area contributed by atoms with Crippen LogP contribution in [0.5, 0.6) is 5.75 Å². The van der Waals surface area contributed by atoms with Crippen molar-refractivity contribution in [2.24, 2.45) is 17.4 Å². The topological polar surface area (TPSA) is 78.3 Å². The molecule has 4 N–H and O–H groups in total. The molecule has 94 valence electrons. The van der Waals surface area contributed by atoms with Crippen molar-refractivity contribution in [2.75, 3.05) is 6.61 Å². The van der Waals surface area contributed by atoms with Crippen molar-refractivity contribution in [3.8, 4) is 5.75 Å². The standard InChI is InChI=1S/C12H17BrN2O2/c1-7(12(15)16)6-17-11-5-9(13)3-4-10(11)8(2)14/h3-5,7-8H,6,14H2,1-2H3,(H2,15,16). The van der Waals surface area contributed by atoms with Crippen LogP contribution in [-0.2, 0) is 4.79 Å². The summed E-state index contributed by atoms with van der Waals surface area (Å²) >= 11 is 3.37. The molecule has 0 saturated carbocycles. The maximum Gasteiger partial charge on any atom is 0.223 e. The quantitative estimate of drug-likeness (QED) is 0.872. The fourth-order valence-corrected chi connectivity index (χ4v) is 1.65. The third kappa shape index (κ3) is 4.02. The lowest BCUT2D eigenvalue weighted by Gasteiger charge is -2.16. The number of hydrogen-bond acceptors (Lipinski definition) is 3. The molecule has 2 unspecified atom stereocenters. The van der Waals surface area contributed by atoms with Crippen LogP contribution < -0.4 is 16.2 Å². The second kappa shape index (κ2) is 6.02. The van der Waals surface area contributed by atoms with Gasteiger partial charge >= 0.3 is 0 Å². The van der Waals surface area contributed by atoms with Crippen LogP contribution in [-0.4, -0.2) is 12.5 Å². The van der Waals surface area contributed by atoms with Crippen molar-refractivity contribution < 1.29 is 9.53 Å². The summed E-state index contributed by atoms with van der Waals surface area (Å²) in [6.45, 7) is 3.87. The lowest BCUT2D eigenvalue weighted by atomic mass is 10.1. The molecule has 0 saturated heterocycles. The van der Waals surface area contributed by atoms with E-state index in [0.29, 0.717) is 5.75 Å². The van der Waals surface area contributed by atoms with Crippen LogP contribution >= 0.6 is 15.9 Å². The average molecular weight is 301 g/mol. The Morgan fingerprint density at radius 3 is 2.65 bits per heavy atom. The monoisotopic (exact) mass is 300 g/mol. The molecule has 0 aliphatic carbocycles. The van der Waals surface area contributed by atoms with Crippen molar-refractivity contribution in [3.63, 3.8) is 0 Å². The Labute approximate surface area is 109 Å².